The van der Waals surface area contributed by atoms with Crippen molar-refractivity contribution in [3.63, 3.8) is 0 Å². The zero-order valence-electron chi connectivity index (χ0n) is 10.7. The Morgan fingerprint density at radius 2 is 2.05 bits per heavy atom. The number of alkyl halides is 3. The third kappa shape index (κ3) is 3.04. The molecule has 1 fully saturated rings. The number of carbonyl (C=O) groups excluding carboxylic acids is 1. The van der Waals surface area contributed by atoms with Gasteiger partial charge in [0.1, 0.15) is 0 Å². The number of carbonyl (C=O) groups is 1. The molecule has 0 atom stereocenters. The van der Waals surface area contributed by atoms with Crippen molar-refractivity contribution in [2.75, 3.05) is 18.9 Å². The summed E-state index contributed by atoms with van der Waals surface area (Å²) in [5.41, 5.74) is 3.82. The first-order chi connectivity index (χ1) is 9.34. The van der Waals surface area contributed by atoms with E-state index in [1.807, 2.05) is 0 Å². The zero-order valence-corrected chi connectivity index (χ0v) is 10.7. The van der Waals surface area contributed by atoms with Crippen molar-refractivity contribution in [1.82, 2.24) is 4.90 Å². The average molecular weight is 288 g/mol. The molecule has 0 aliphatic heterocycles. The molecule has 4 nitrogen and oxygen atoms in total. The smallest absolute Gasteiger partial charge is 0.398 e. The van der Waals surface area contributed by atoms with Crippen LogP contribution in [-0.2, 0) is 6.18 Å². The predicted molar refractivity (Wildman–Crippen MR) is 67.0 cm³/mol. The predicted octanol–water partition coefficient (Wildman–Crippen LogP) is 1.88. The fourth-order valence-electron chi connectivity index (χ4n) is 2.04. The minimum atomic E-state index is -4.60. The van der Waals surface area contributed by atoms with Crippen LogP contribution in [0.15, 0.2) is 18.2 Å². The summed E-state index contributed by atoms with van der Waals surface area (Å²) in [5, 5.41) is 8.94. The molecule has 1 saturated carbocycles. The number of halogens is 3. The molecular weight excluding hydrogens is 273 g/mol. The van der Waals surface area contributed by atoms with Crippen LogP contribution in [0.1, 0.15) is 28.8 Å². The maximum atomic E-state index is 12.8. The molecule has 0 aromatic heterocycles. The standard InChI is InChI=1S/C13H15F3N2O2/c14-13(15,16)10-7-8(1-4-11(10)17)12(20)18(5-6-19)9-2-3-9/h1,4,7,9,19H,2-3,5-6,17H2. The molecule has 110 valence electrons. The van der Waals surface area contributed by atoms with Gasteiger partial charge in [-0.2, -0.15) is 13.2 Å². The molecule has 20 heavy (non-hydrogen) atoms. The minimum absolute atomic E-state index is 0.0153. The second-order valence-electron chi connectivity index (χ2n) is 4.75. The fraction of sp³-hybridized carbons (Fsp3) is 0.462. The largest absolute Gasteiger partial charge is 0.418 e. The van der Waals surface area contributed by atoms with Gasteiger partial charge in [0.05, 0.1) is 12.2 Å². The summed E-state index contributed by atoms with van der Waals surface area (Å²) in [5.74, 6) is -0.507. The highest BCUT2D eigenvalue weighted by Crippen LogP contribution is 2.35. The van der Waals surface area contributed by atoms with Gasteiger partial charge in [-0.15, -0.1) is 0 Å². The first-order valence-corrected chi connectivity index (χ1v) is 6.23. The third-order valence-corrected chi connectivity index (χ3v) is 3.20. The van der Waals surface area contributed by atoms with Gasteiger partial charge >= 0.3 is 6.18 Å². The number of nitrogens with zero attached hydrogens (tertiary/aromatic N) is 1. The van der Waals surface area contributed by atoms with Gasteiger partial charge in [-0.1, -0.05) is 0 Å². The van der Waals surface area contributed by atoms with Crippen molar-refractivity contribution < 1.29 is 23.1 Å². The molecule has 1 aliphatic rings. The maximum Gasteiger partial charge on any atom is 0.418 e. The molecule has 3 N–H and O–H groups in total. The molecular formula is C13H15F3N2O2. The molecule has 1 amide bonds. The van der Waals surface area contributed by atoms with E-state index in [9.17, 15) is 18.0 Å². The number of nitrogen functional groups attached to an aromatic ring is 1. The number of rotatable bonds is 4. The number of amides is 1. The Morgan fingerprint density at radius 3 is 2.55 bits per heavy atom. The Labute approximate surface area is 114 Å². The highest BCUT2D eigenvalue weighted by molar-refractivity contribution is 5.95. The fourth-order valence-corrected chi connectivity index (χ4v) is 2.04. The highest BCUT2D eigenvalue weighted by atomic mass is 19.4. The normalized spacial score (nSPS) is 15.2. The van der Waals surface area contributed by atoms with Crippen LogP contribution in [0.5, 0.6) is 0 Å². The third-order valence-electron chi connectivity index (χ3n) is 3.20. The lowest BCUT2D eigenvalue weighted by atomic mass is 10.1. The first kappa shape index (κ1) is 14.6. The van der Waals surface area contributed by atoms with Gasteiger partial charge in [-0.05, 0) is 31.0 Å². The summed E-state index contributed by atoms with van der Waals surface area (Å²) in [4.78, 5) is 13.6. The molecule has 1 aromatic carbocycles. The molecule has 1 aromatic rings. The van der Waals surface area contributed by atoms with Crippen molar-refractivity contribution in [2.24, 2.45) is 0 Å². The molecule has 7 heteroatoms. The molecule has 0 radical (unpaired) electrons. The van der Waals surface area contributed by atoms with E-state index in [0.29, 0.717) is 0 Å². The van der Waals surface area contributed by atoms with Gasteiger partial charge in [-0.25, -0.2) is 0 Å². The lowest BCUT2D eigenvalue weighted by Crippen LogP contribution is -2.35. The van der Waals surface area contributed by atoms with Gasteiger partial charge in [0.2, 0.25) is 0 Å². The molecule has 2 rings (SSSR count). The molecule has 0 unspecified atom stereocenters. The van der Waals surface area contributed by atoms with Crippen molar-refractivity contribution >= 4 is 11.6 Å². The molecule has 0 spiro atoms. The van der Waals surface area contributed by atoms with E-state index < -0.39 is 23.3 Å². The number of nitrogens with two attached hydrogens (primary N) is 1. The topological polar surface area (TPSA) is 66.6 Å². The summed E-state index contributed by atoms with van der Waals surface area (Å²) >= 11 is 0. The number of hydrogen-bond donors (Lipinski definition) is 2. The van der Waals surface area contributed by atoms with Crippen LogP contribution >= 0.6 is 0 Å². The van der Waals surface area contributed by atoms with Crippen molar-refractivity contribution in [1.29, 1.82) is 0 Å². The average Bonchev–Trinajstić information content (AvgIpc) is 3.18. The van der Waals surface area contributed by atoms with E-state index in [1.165, 1.54) is 11.0 Å². The Kier molecular flexibility index (Phi) is 3.89. The number of aliphatic hydroxyl groups excluding tert-OH is 1. The van der Waals surface area contributed by atoms with E-state index in [4.69, 9.17) is 10.8 Å². The first-order valence-electron chi connectivity index (χ1n) is 6.23. The molecule has 1 aliphatic carbocycles. The van der Waals surface area contributed by atoms with E-state index in [0.717, 1.165) is 25.0 Å². The van der Waals surface area contributed by atoms with Crippen LogP contribution in [0.25, 0.3) is 0 Å². The lowest BCUT2D eigenvalue weighted by molar-refractivity contribution is -0.136. The monoisotopic (exact) mass is 288 g/mol. The van der Waals surface area contributed by atoms with Crippen LogP contribution in [0.4, 0.5) is 18.9 Å². The van der Waals surface area contributed by atoms with Crippen LogP contribution in [0.2, 0.25) is 0 Å². The summed E-state index contributed by atoms with van der Waals surface area (Å²) in [7, 11) is 0. The van der Waals surface area contributed by atoms with Gasteiger partial charge in [0, 0.05) is 23.8 Å². The Morgan fingerprint density at radius 1 is 1.40 bits per heavy atom. The van der Waals surface area contributed by atoms with E-state index in [2.05, 4.69) is 0 Å². The lowest BCUT2D eigenvalue weighted by Gasteiger charge is -2.22. The van der Waals surface area contributed by atoms with Crippen LogP contribution in [0.3, 0.4) is 0 Å². The second kappa shape index (κ2) is 5.32. The quantitative estimate of drug-likeness (QED) is 0.831. The Hall–Kier alpha value is -1.76. The minimum Gasteiger partial charge on any atom is -0.398 e. The zero-order chi connectivity index (χ0) is 14.9. The van der Waals surface area contributed by atoms with E-state index in [-0.39, 0.29) is 24.8 Å². The van der Waals surface area contributed by atoms with Gasteiger partial charge in [-0.3, -0.25) is 4.79 Å². The molecule has 0 heterocycles. The summed E-state index contributed by atoms with van der Waals surface area (Å²) < 4.78 is 38.3. The Bertz CT molecular complexity index is 513. The summed E-state index contributed by atoms with van der Waals surface area (Å²) in [6, 6.07) is 3.14. The Balaban J connectivity index is 2.30. The van der Waals surface area contributed by atoms with Crippen molar-refractivity contribution in [2.45, 2.75) is 25.1 Å². The number of aliphatic hydroxyl groups is 1. The SMILES string of the molecule is Nc1ccc(C(=O)N(CCO)C2CC2)cc1C(F)(F)F. The van der Waals surface area contributed by atoms with E-state index in [1.54, 1.807) is 0 Å². The second-order valence-corrected chi connectivity index (χ2v) is 4.75. The number of hydrogen-bond acceptors (Lipinski definition) is 3. The highest BCUT2D eigenvalue weighted by Gasteiger charge is 2.36. The van der Waals surface area contributed by atoms with Gasteiger partial charge in [0.25, 0.3) is 5.91 Å². The summed E-state index contributed by atoms with van der Waals surface area (Å²) in [6.45, 7) is -0.0986. The van der Waals surface area contributed by atoms with Crippen LogP contribution in [0, 0.1) is 0 Å². The van der Waals surface area contributed by atoms with Crippen molar-refractivity contribution in [3.8, 4) is 0 Å². The van der Waals surface area contributed by atoms with Crippen LogP contribution < -0.4 is 5.73 Å². The number of benzene rings is 1. The van der Waals surface area contributed by atoms with E-state index >= 15 is 0 Å². The number of anilines is 1. The summed E-state index contributed by atoms with van der Waals surface area (Å²) in [6.07, 6.45) is -2.97. The van der Waals surface area contributed by atoms with Crippen molar-refractivity contribution in [3.05, 3.63) is 29.3 Å². The van der Waals surface area contributed by atoms with Gasteiger partial charge in [0.15, 0.2) is 0 Å². The molecule has 0 saturated heterocycles. The maximum absolute atomic E-state index is 12.8. The molecule has 0 bridgehead atoms. The van der Waals surface area contributed by atoms with Crippen LogP contribution in [-0.4, -0.2) is 35.1 Å². The van der Waals surface area contributed by atoms with Gasteiger partial charge < -0.3 is 15.7 Å².